The summed E-state index contributed by atoms with van der Waals surface area (Å²) in [5, 5.41) is 34.5. The van der Waals surface area contributed by atoms with Crippen LogP contribution in [0.3, 0.4) is 0 Å². The Hall–Kier alpha value is -9.68. The van der Waals surface area contributed by atoms with Crippen LogP contribution >= 0.6 is 0 Å². The van der Waals surface area contributed by atoms with E-state index in [1.54, 1.807) is 0 Å². The summed E-state index contributed by atoms with van der Waals surface area (Å²) >= 11 is 0. The molecule has 15 rings (SSSR count). The molecule has 322 valence electrons. The van der Waals surface area contributed by atoms with Crippen LogP contribution in [0.2, 0.25) is 0 Å². The van der Waals surface area contributed by atoms with Crippen LogP contribution in [0.25, 0.3) is 115 Å². The van der Waals surface area contributed by atoms with Gasteiger partial charge in [-0.25, -0.2) is 0 Å². The van der Waals surface area contributed by atoms with Gasteiger partial charge in [0.2, 0.25) is 0 Å². The molecule has 1 atom stereocenters. The van der Waals surface area contributed by atoms with E-state index in [4.69, 9.17) is 0 Å². The third-order valence-corrected chi connectivity index (χ3v) is 15.1. The lowest BCUT2D eigenvalue weighted by Gasteiger charge is -2.19. The highest BCUT2D eigenvalue weighted by Gasteiger charge is 2.35. The van der Waals surface area contributed by atoms with Crippen LogP contribution < -0.4 is 0 Å². The number of rotatable bonds is 4. The van der Waals surface area contributed by atoms with Gasteiger partial charge in [0, 0.05) is 43.9 Å². The fraction of sp³-hybridized carbons (Fsp3) is 0.0154. The molecule has 3 heterocycles. The normalized spacial score (nSPS) is 13.3. The van der Waals surface area contributed by atoms with Crippen molar-refractivity contribution in [3.8, 4) is 40.3 Å². The number of benzene rings is 11. The maximum absolute atomic E-state index is 11.6. The van der Waals surface area contributed by atoms with E-state index in [0.29, 0.717) is 22.5 Å². The Balaban J connectivity index is 1.07. The Morgan fingerprint density at radius 1 is 0.371 bits per heavy atom. The third-order valence-electron chi connectivity index (χ3n) is 15.1. The van der Waals surface area contributed by atoms with E-state index in [9.17, 15) is 10.5 Å². The van der Waals surface area contributed by atoms with Crippen LogP contribution in [0.4, 0.5) is 0 Å². The minimum absolute atomic E-state index is 0.0729. The number of para-hydroxylation sites is 3. The maximum Gasteiger partial charge on any atom is 0.101 e. The Morgan fingerprint density at radius 3 is 1.57 bits per heavy atom. The molecule has 70 heavy (non-hydrogen) atoms. The largest absolute Gasteiger partial charge is 0.308 e. The summed E-state index contributed by atoms with van der Waals surface area (Å²) in [6.07, 6.45) is 0. The molecule has 0 saturated carbocycles. The molecule has 0 saturated heterocycles. The SMILES string of the molecule is N#Cc1cc(-n2c3ccccc3c3ccc4c5c6ccccc6ccc5n(-c5ccccc5)c4c32)c(C#N)cc1-n1c2ccccc2c2ccc3c(c21)C(c1ccccc1)c1ccc2ccccc2c1-3. The standard InChI is InChI=1S/C65H37N5/c66-37-42-36-58(70-55-26-14-12-24-48(55)50-31-33-53-61-46-22-10-8-16-40(46)28-34-56(61)68(65(53)64(50)70)44-19-5-2-6-20-44)43(38-67)35-57(42)69-54-25-13-11-23-47(54)49-30-32-52-60-45-21-9-7-15-39(45)27-29-51(60)59(62(52)63(49)69)41-17-3-1-4-18-41/h1-36,59H. The predicted octanol–water partition coefficient (Wildman–Crippen LogP) is 16.2. The van der Waals surface area contributed by atoms with Crippen molar-refractivity contribution in [1.82, 2.24) is 13.7 Å². The van der Waals surface area contributed by atoms with Crippen LogP contribution in [0.15, 0.2) is 218 Å². The van der Waals surface area contributed by atoms with Crippen molar-refractivity contribution in [2.45, 2.75) is 5.92 Å². The highest BCUT2D eigenvalue weighted by atomic mass is 15.1. The molecule has 5 nitrogen and oxygen atoms in total. The Labute approximate surface area is 401 Å². The Kier molecular flexibility index (Phi) is 7.91. The predicted molar refractivity (Wildman–Crippen MR) is 287 cm³/mol. The van der Waals surface area contributed by atoms with Gasteiger partial charge >= 0.3 is 0 Å². The second-order valence-corrected chi connectivity index (χ2v) is 18.5. The first kappa shape index (κ1) is 38.4. The Morgan fingerprint density at radius 2 is 0.886 bits per heavy atom. The van der Waals surface area contributed by atoms with Crippen molar-refractivity contribution in [3.63, 3.8) is 0 Å². The Bertz CT molecular complexity index is 4670. The van der Waals surface area contributed by atoms with Gasteiger partial charge in [-0.1, -0.05) is 176 Å². The van der Waals surface area contributed by atoms with Gasteiger partial charge in [-0.05, 0) is 91.8 Å². The topological polar surface area (TPSA) is 62.4 Å². The molecule has 1 aliphatic carbocycles. The molecule has 0 amide bonds. The molecule has 0 N–H and O–H groups in total. The minimum atomic E-state index is -0.0729. The lowest BCUT2D eigenvalue weighted by molar-refractivity contribution is 1.01. The van der Waals surface area contributed by atoms with E-state index < -0.39 is 0 Å². The minimum Gasteiger partial charge on any atom is -0.308 e. The molecule has 0 aliphatic heterocycles. The van der Waals surface area contributed by atoms with E-state index in [-0.39, 0.29) is 5.92 Å². The summed E-state index contributed by atoms with van der Waals surface area (Å²) in [6, 6.07) is 82.9. The number of fused-ring (bicyclic) bond motifs is 18. The first-order chi connectivity index (χ1) is 34.7. The summed E-state index contributed by atoms with van der Waals surface area (Å²) in [5.74, 6) is -0.0729. The van der Waals surface area contributed by atoms with Gasteiger partial charge in [-0.15, -0.1) is 0 Å². The zero-order valence-corrected chi connectivity index (χ0v) is 37.6. The smallest absolute Gasteiger partial charge is 0.101 e. The second kappa shape index (κ2) is 14.4. The van der Waals surface area contributed by atoms with Crippen LogP contribution in [0, 0.1) is 22.7 Å². The second-order valence-electron chi connectivity index (χ2n) is 18.5. The summed E-state index contributed by atoms with van der Waals surface area (Å²) in [7, 11) is 0. The van der Waals surface area contributed by atoms with E-state index >= 15 is 0 Å². The maximum atomic E-state index is 11.6. The van der Waals surface area contributed by atoms with Crippen molar-refractivity contribution in [3.05, 3.63) is 246 Å². The van der Waals surface area contributed by atoms with E-state index in [2.05, 4.69) is 232 Å². The van der Waals surface area contributed by atoms with Crippen molar-refractivity contribution in [2.75, 3.05) is 0 Å². The average molecular weight is 888 g/mol. The fourth-order valence-corrected chi connectivity index (χ4v) is 12.4. The quantitative estimate of drug-likeness (QED) is 0.177. The average Bonchev–Trinajstić information content (AvgIpc) is 4.16. The number of aromatic nitrogens is 3. The molecule has 11 aromatic carbocycles. The van der Waals surface area contributed by atoms with Crippen LogP contribution in [-0.4, -0.2) is 13.7 Å². The van der Waals surface area contributed by atoms with Gasteiger partial charge in [0.05, 0.1) is 55.6 Å². The summed E-state index contributed by atoms with van der Waals surface area (Å²) in [5.41, 5.74) is 15.5. The third kappa shape index (κ3) is 5.07. The van der Waals surface area contributed by atoms with Crippen molar-refractivity contribution < 1.29 is 0 Å². The number of nitriles is 2. The lowest BCUT2D eigenvalue weighted by Crippen LogP contribution is -2.07. The molecule has 0 bridgehead atoms. The molecule has 0 radical (unpaired) electrons. The molecule has 5 heteroatoms. The van der Waals surface area contributed by atoms with Crippen molar-refractivity contribution in [1.29, 1.82) is 10.5 Å². The zero-order valence-electron chi connectivity index (χ0n) is 37.6. The van der Waals surface area contributed by atoms with E-state index in [1.165, 1.54) is 54.7 Å². The molecule has 3 aromatic heterocycles. The number of nitrogens with zero attached hydrogens (tertiary/aromatic N) is 5. The molecule has 1 aliphatic rings. The zero-order chi connectivity index (χ0) is 46.2. The summed E-state index contributed by atoms with van der Waals surface area (Å²) < 4.78 is 6.90. The lowest BCUT2D eigenvalue weighted by atomic mass is 9.88. The monoisotopic (exact) mass is 887 g/mol. The number of hydrogen-bond donors (Lipinski definition) is 0. The van der Waals surface area contributed by atoms with E-state index in [0.717, 1.165) is 65.7 Å². The highest BCUT2D eigenvalue weighted by Crippen LogP contribution is 2.55. The van der Waals surface area contributed by atoms with Gasteiger partial charge in [-0.2, -0.15) is 10.5 Å². The first-order valence-electron chi connectivity index (χ1n) is 23.8. The van der Waals surface area contributed by atoms with Gasteiger partial charge in [0.15, 0.2) is 0 Å². The summed E-state index contributed by atoms with van der Waals surface area (Å²) in [6.45, 7) is 0. The van der Waals surface area contributed by atoms with E-state index in [1.807, 2.05) is 12.1 Å². The molecule has 0 spiro atoms. The molecule has 14 aromatic rings. The van der Waals surface area contributed by atoms with Gasteiger partial charge in [0.1, 0.15) is 12.1 Å². The molecular formula is C65H37N5. The van der Waals surface area contributed by atoms with Crippen LogP contribution in [0.5, 0.6) is 0 Å². The molecule has 1 unspecified atom stereocenters. The first-order valence-corrected chi connectivity index (χ1v) is 23.8. The molecular weight excluding hydrogens is 851 g/mol. The fourth-order valence-electron chi connectivity index (χ4n) is 12.4. The molecule has 0 fully saturated rings. The van der Waals surface area contributed by atoms with Gasteiger partial charge < -0.3 is 13.7 Å². The van der Waals surface area contributed by atoms with Crippen molar-refractivity contribution in [2.24, 2.45) is 0 Å². The van der Waals surface area contributed by atoms with Gasteiger partial charge in [-0.3, -0.25) is 0 Å². The summed E-state index contributed by atoms with van der Waals surface area (Å²) in [4.78, 5) is 0. The highest BCUT2D eigenvalue weighted by molar-refractivity contribution is 6.28. The van der Waals surface area contributed by atoms with Gasteiger partial charge in [0.25, 0.3) is 0 Å². The van der Waals surface area contributed by atoms with Crippen LogP contribution in [-0.2, 0) is 0 Å². The van der Waals surface area contributed by atoms with Crippen molar-refractivity contribution >= 4 is 87.0 Å². The van der Waals surface area contributed by atoms with Crippen LogP contribution in [0.1, 0.15) is 33.7 Å². The number of hydrogen-bond acceptors (Lipinski definition) is 2.